The van der Waals surface area contributed by atoms with Crippen molar-refractivity contribution >= 4 is 17.2 Å². The molecule has 86 valence electrons. The number of hydrogen-bond donors (Lipinski definition) is 1. The molecule has 0 atom stereocenters. The summed E-state index contributed by atoms with van der Waals surface area (Å²) >= 11 is 5.01. The maximum atomic E-state index is 5.66. The second-order valence-electron chi connectivity index (χ2n) is 4.26. The molecule has 0 spiro atoms. The van der Waals surface area contributed by atoms with E-state index in [0.717, 1.165) is 11.1 Å². The van der Waals surface area contributed by atoms with Crippen LogP contribution in [0.25, 0.3) is 11.1 Å². The van der Waals surface area contributed by atoms with Gasteiger partial charge >= 0.3 is 0 Å². The van der Waals surface area contributed by atoms with Crippen LogP contribution in [0.15, 0.2) is 42.5 Å². The summed E-state index contributed by atoms with van der Waals surface area (Å²) in [5.41, 5.74) is 11.5. The van der Waals surface area contributed by atoms with E-state index >= 15 is 0 Å². The predicted molar refractivity (Wildman–Crippen MR) is 77.2 cm³/mol. The third-order valence-electron chi connectivity index (χ3n) is 2.85. The molecule has 0 heterocycles. The zero-order valence-corrected chi connectivity index (χ0v) is 10.8. The van der Waals surface area contributed by atoms with Crippen molar-refractivity contribution in [3.8, 4) is 11.1 Å². The van der Waals surface area contributed by atoms with Crippen LogP contribution in [0.3, 0.4) is 0 Å². The number of nitrogens with two attached hydrogens (primary N) is 1. The molecule has 0 aromatic heterocycles. The molecule has 1 nitrogen and oxygen atoms in total. The highest BCUT2D eigenvalue weighted by Gasteiger charge is 2.04. The molecule has 2 N–H and O–H groups in total. The topological polar surface area (TPSA) is 26.0 Å². The first-order valence-electron chi connectivity index (χ1n) is 5.55. The van der Waals surface area contributed by atoms with E-state index in [0.29, 0.717) is 4.99 Å². The number of benzene rings is 2. The summed E-state index contributed by atoms with van der Waals surface area (Å²) in [4.78, 5) is 0.442. The monoisotopic (exact) mass is 241 g/mol. The average Bonchev–Trinajstić information content (AvgIpc) is 2.32. The molecule has 17 heavy (non-hydrogen) atoms. The molecule has 0 bridgehead atoms. The van der Waals surface area contributed by atoms with Gasteiger partial charge in [-0.1, -0.05) is 54.2 Å². The van der Waals surface area contributed by atoms with Gasteiger partial charge < -0.3 is 5.73 Å². The molecular weight excluding hydrogens is 226 g/mol. The van der Waals surface area contributed by atoms with Gasteiger partial charge in [0.15, 0.2) is 0 Å². The quantitative estimate of drug-likeness (QED) is 0.813. The number of aryl methyl sites for hydroxylation is 2. The summed E-state index contributed by atoms with van der Waals surface area (Å²) in [6.07, 6.45) is 0. The Morgan fingerprint density at radius 2 is 1.82 bits per heavy atom. The lowest BCUT2D eigenvalue weighted by Crippen LogP contribution is -2.08. The molecule has 0 aliphatic carbocycles. The first-order chi connectivity index (χ1) is 8.08. The zero-order valence-electron chi connectivity index (χ0n) is 10.0. The van der Waals surface area contributed by atoms with Gasteiger partial charge in [0.1, 0.15) is 4.99 Å². The fourth-order valence-electron chi connectivity index (χ4n) is 1.89. The molecule has 2 heteroatoms. The Balaban J connectivity index is 2.56. The summed E-state index contributed by atoms with van der Waals surface area (Å²) in [6, 6.07) is 14.5. The maximum Gasteiger partial charge on any atom is 0.104 e. The van der Waals surface area contributed by atoms with Crippen molar-refractivity contribution in [2.75, 3.05) is 0 Å². The highest BCUT2D eigenvalue weighted by molar-refractivity contribution is 7.80. The normalized spacial score (nSPS) is 10.2. The van der Waals surface area contributed by atoms with Crippen molar-refractivity contribution < 1.29 is 0 Å². The van der Waals surface area contributed by atoms with Crippen LogP contribution < -0.4 is 5.73 Å². The van der Waals surface area contributed by atoms with Gasteiger partial charge in [0.05, 0.1) is 0 Å². The number of rotatable bonds is 2. The van der Waals surface area contributed by atoms with Crippen LogP contribution in [-0.4, -0.2) is 4.99 Å². The molecule has 0 aliphatic rings. The molecule has 0 amide bonds. The Morgan fingerprint density at radius 3 is 2.53 bits per heavy atom. The molecule has 0 saturated heterocycles. The van der Waals surface area contributed by atoms with Gasteiger partial charge in [-0.25, -0.2) is 0 Å². The van der Waals surface area contributed by atoms with Crippen LogP contribution in [-0.2, 0) is 0 Å². The number of hydrogen-bond acceptors (Lipinski definition) is 1. The highest BCUT2D eigenvalue weighted by Crippen LogP contribution is 2.25. The molecule has 0 unspecified atom stereocenters. The van der Waals surface area contributed by atoms with Crippen molar-refractivity contribution in [3.63, 3.8) is 0 Å². The van der Waals surface area contributed by atoms with Crippen molar-refractivity contribution in [1.82, 2.24) is 0 Å². The Hall–Kier alpha value is -1.67. The van der Waals surface area contributed by atoms with E-state index in [2.05, 4.69) is 38.1 Å². The van der Waals surface area contributed by atoms with E-state index in [1.54, 1.807) is 0 Å². The van der Waals surface area contributed by atoms with Crippen LogP contribution in [0.2, 0.25) is 0 Å². The standard InChI is InChI=1S/C15H15NS/c1-10-6-7-11(2)14(8-10)12-4-3-5-13(9-12)15(16)17/h3-9H,1-2H3,(H2,16,17). The van der Waals surface area contributed by atoms with Gasteiger partial charge in [0.2, 0.25) is 0 Å². The largest absolute Gasteiger partial charge is 0.389 e. The van der Waals surface area contributed by atoms with E-state index in [1.165, 1.54) is 16.7 Å². The van der Waals surface area contributed by atoms with E-state index < -0.39 is 0 Å². The first kappa shape index (κ1) is 11.8. The number of thiocarbonyl (C=S) groups is 1. The molecule has 0 saturated carbocycles. The fraction of sp³-hybridized carbons (Fsp3) is 0.133. The summed E-state index contributed by atoms with van der Waals surface area (Å²) in [7, 11) is 0. The van der Waals surface area contributed by atoms with E-state index in [1.807, 2.05) is 18.2 Å². The molecule has 2 aromatic carbocycles. The Labute approximate surface area is 107 Å². The van der Waals surface area contributed by atoms with Crippen LogP contribution in [0.1, 0.15) is 16.7 Å². The summed E-state index contributed by atoms with van der Waals surface area (Å²) in [6.45, 7) is 4.21. The van der Waals surface area contributed by atoms with Crippen molar-refractivity contribution in [2.24, 2.45) is 5.73 Å². The lowest BCUT2D eigenvalue weighted by molar-refractivity contribution is 1.39. The Kier molecular flexibility index (Phi) is 3.25. The third-order valence-corrected chi connectivity index (χ3v) is 3.09. The van der Waals surface area contributed by atoms with E-state index in [4.69, 9.17) is 18.0 Å². The molecule has 0 fully saturated rings. The van der Waals surface area contributed by atoms with Gasteiger partial charge in [-0.2, -0.15) is 0 Å². The second-order valence-corrected chi connectivity index (χ2v) is 4.70. The van der Waals surface area contributed by atoms with E-state index in [9.17, 15) is 0 Å². The van der Waals surface area contributed by atoms with Crippen molar-refractivity contribution in [3.05, 3.63) is 59.2 Å². The minimum atomic E-state index is 0.442. The smallest absolute Gasteiger partial charge is 0.104 e. The van der Waals surface area contributed by atoms with Crippen LogP contribution in [0.5, 0.6) is 0 Å². The fourth-order valence-corrected chi connectivity index (χ4v) is 2.01. The lowest BCUT2D eigenvalue weighted by Gasteiger charge is -2.09. The minimum absolute atomic E-state index is 0.442. The van der Waals surface area contributed by atoms with Gasteiger partial charge in [-0.3, -0.25) is 0 Å². The van der Waals surface area contributed by atoms with Crippen LogP contribution in [0, 0.1) is 13.8 Å². The SMILES string of the molecule is Cc1ccc(C)c(-c2cccc(C(N)=S)c2)c1. The molecule has 2 rings (SSSR count). The summed E-state index contributed by atoms with van der Waals surface area (Å²) < 4.78 is 0. The van der Waals surface area contributed by atoms with Crippen LogP contribution in [0.4, 0.5) is 0 Å². The minimum Gasteiger partial charge on any atom is -0.389 e. The lowest BCUT2D eigenvalue weighted by atomic mass is 9.97. The summed E-state index contributed by atoms with van der Waals surface area (Å²) in [5.74, 6) is 0. The van der Waals surface area contributed by atoms with Gasteiger partial charge in [-0.05, 0) is 36.6 Å². The maximum absolute atomic E-state index is 5.66. The van der Waals surface area contributed by atoms with Crippen molar-refractivity contribution in [2.45, 2.75) is 13.8 Å². The average molecular weight is 241 g/mol. The Morgan fingerprint density at radius 1 is 1.06 bits per heavy atom. The van der Waals surface area contributed by atoms with Crippen LogP contribution >= 0.6 is 12.2 Å². The van der Waals surface area contributed by atoms with E-state index in [-0.39, 0.29) is 0 Å². The third kappa shape index (κ3) is 2.53. The van der Waals surface area contributed by atoms with Gasteiger partial charge in [0, 0.05) is 5.56 Å². The molecule has 2 aromatic rings. The summed E-state index contributed by atoms with van der Waals surface area (Å²) in [5, 5.41) is 0. The molecule has 0 aliphatic heterocycles. The van der Waals surface area contributed by atoms with Gasteiger partial charge in [0.25, 0.3) is 0 Å². The first-order valence-corrected chi connectivity index (χ1v) is 5.96. The second kappa shape index (κ2) is 4.68. The van der Waals surface area contributed by atoms with Gasteiger partial charge in [-0.15, -0.1) is 0 Å². The predicted octanol–water partition coefficient (Wildman–Crippen LogP) is 3.60. The zero-order chi connectivity index (χ0) is 12.4. The molecular formula is C15H15NS. The van der Waals surface area contributed by atoms with Crippen molar-refractivity contribution in [1.29, 1.82) is 0 Å². The highest BCUT2D eigenvalue weighted by atomic mass is 32.1. The molecule has 0 radical (unpaired) electrons. The Bertz CT molecular complexity index is 573.